The van der Waals surface area contributed by atoms with Crippen molar-refractivity contribution in [2.24, 2.45) is 0 Å². The summed E-state index contributed by atoms with van der Waals surface area (Å²) in [4.78, 5) is 12.3. The van der Waals surface area contributed by atoms with Gasteiger partial charge in [0.1, 0.15) is 6.33 Å². The second kappa shape index (κ2) is 10.5. The van der Waals surface area contributed by atoms with Gasteiger partial charge in [0.15, 0.2) is 5.16 Å². The number of carbonyl (C=O) groups excluding carboxylic acids is 1. The van der Waals surface area contributed by atoms with Crippen LogP contribution in [0.1, 0.15) is 17.7 Å². The molecule has 4 rings (SSSR count). The average Bonchev–Trinajstić information content (AvgIpc) is 3.42. The highest BCUT2D eigenvalue weighted by atomic mass is 35.5. The summed E-state index contributed by atoms with van der Waals surface area (Å²) in [5.41, 5.74) is 4.10. The van der Waals surface area contributed by atoms with E-state index in [0.717, 1.165) is 29.9 Å². The summed E-state index contributed by atoms with van der Waals surface area (Å²) >= 11 is 7.41. The summed E-state index contributed by atoms with van der Waals surface area (Å²) in [6, 6.07) is 17.5. The Kier molecular flexibility index (Phi) is 7.24. The van der Waals surface area contributed by atoms with Crippen LogP contribution in [0.3, 0.4) is 0 Å². The first-order chi connectivity index (χ1) is 15.6. The van der Waals surface area contributed by atoms with Gasteiger partial charge in [0.05, 0.1) is 22.8 Å². The van der Waals surface area contributed by atoms with Crippen molar-refractivity contribution in [3.05, 3.63) is 83.4 Å². The van der Waals surface area contributed by atoms with Gasteiger partial charge in [0, 0.05) is 17.8 Å². The van der Waals surface area contributed by atoms with Gasteiger partial charge in [-0.1, -0.05) is 47.6 Å². The van der Waals surface area contributed by atoms with E-state index < -0.39 is 0 Å². The number of hydrogen-bond acceptors (Lipinski definition) is 5. The van der Waals surface area contributed by atoms with E-state index in [4.69, 9.17) is 11.6 Å². The molecule has 1 N–H and O–H groups in total. The number of rotatable bonds is 9. The van der Waals surface area contributed by atoms with Crippen LogP contribution < -0.4 is 5.32 Å². The number of nitrogens with zero attached hydrogens (tertiary/aromatic N) is 5. The molecule has 7 nitrogen and oxygen atoms in total. The molecule has 1 amide bonds. The molecule has 164 valence electrons. The first-order valence-electron chi connectivity index (χ1n) is 10.3. The lowest BCUT2D eigenvalue weighted by Gasteiger charge is -2.07. The molecule has 0 bridgehead atoms. The number of aryl methyl sites for hydroxylation is 2. The molecule has 0 aliphatic heterocycles. The lowest BCUT2D eigenvalue weighted by Crippen LogP contribution is -2.26. The molecule has 4 aromatic rings. The van der Waals surface area contributed by atoms with Gasteiger partial charge in [-0.2, -0.15) is 5.10 Å². The zero-order valence-corrected chi connectivity index (χ0v) is 19.2. The molecule has 0 unspecified atom stereocenters. The summed E-state index contributed by atoms with van der Waals surface area (Å²) in [5, 5.41) is 16.9. The molecular formula is C23H23ClN6OS. The van der Waals surface area contributed by atoms with Crippen molar-refractivity contribution >= 4 is 29.3 Å². The van der Waals surface area contributed by atoms with Gasteiger partial charge in [-0.25, -0.2) is 4.68 Å². The highest BCUT2D eigenvalue weighted by Gasteiger charge is 2.11. The number of nitrogens with one attached hydrogen (secondary N) is 1. The smallest absolute Gasteiger partial charge is 0.230 e. The van der Waals surface area contributed by atoms with Crippen LogP contribution in [0.2, 0.25) is 5.02 Å². The molecule has 0 atom stereocenters. The van der Waals surface area contributed by atoms with Crippen LogP contribution in [-0.2, 0) is 11.2 Å². The minimum absolute atomic E-state index is 0.0349. The predicted octanol–water partition coefficient (Wildman–Crippen LogP) is 4.26. The third-order valence-electron chi connectivity index (χ3n) is 4.90. The molecule has 0 saturated heterocycles. The summed E-state index contributed by atoms with van der Waals surface area (Å²) in [7, 11) is 0. The topological polar surface area (TPSA) is 77.6 Å². The Bertz CT molecular complexity index is 1190. The molecule has 0 aliphatic rings. The van der Waals surface area contributed by atoms with Crippen molar-refractivity contribution in [1.82, 2.24) is 29.9 Å². The molecule has 2 aromatic carbocycles. The van der Waals surface area contributed by atoms with E-state index in [1.165, 1.54) is 17.3 Å². The zero-order valence-electron chi connectivity index (χ0n) is 17.6. The van der Waals surface area contributed by atoms with Crippen LogP contribution in [-0.4, -0.2) is 42.7 Å². The van der Waals surface area contributed by atoms with Crippen LogP contribution >= 0.6 is 23.4 Å². The van der Waals surface area contributed by atoms with E-state index in [1.807, 2.05) is 70.8 Å². The van der Waals surface area contributed by atoms with Crippen LogP contribution in [0.15, 0.2) is 72.3 Å². The maximum Gasteiger partial charge on any atom is 0.230 e. The molecule has 0 radical (unpaired) electrons. The molecule has 0 saturated carbocycles. The lowest BCUT2D eigenvalue weighted by molar-refractivity contribution is -0.118. The second-order valence-corrected chi connectivity index (χ2v) is 8.60. The Balaban J connectivity index is 1.23. The van der Waals surface area contributed by atoms with Gasteiger partial charge in [-0.05, 0) is 55.7 Å². The monoisotopic (exact) mass is 466 g/mol. The quantitative estimate of drug-likeness (QED) is 0.294. The Hall–Kier alpha value is -3.10. The molecular weight excluding hydrogens is 444 g/mol. The Morgan fingerprint density at radius 1 is 1.12 bits per heavy atom. The number of carbonyl (C=O) groups is 1. The van der Waals surface area contributed by atoms with Crippen molar-refractivity contribution in [2.45, 2.75) is 24.9 Å². The summed E-state index contributed by atoms with van der Waals surface area (Å²) in [5.74, 6) is 0.233. The fraction of sp³-hybridized carbons (Fsp3) is 0.217. The fourth-order valence-electron chi connectivity index (χ4n) is 3.27. The first-order valence-corrected chi connectivity index (χ1v) is 11.6. The number of amides is 1. The maximum absolute atomic E-state index is 12.3. The van der Waals surface area contributed by atoms with E-state index >= 15 is 0 Å². The minimum atomic E-state index is -0.0349. The van der Waals surface area contributed by atoms with Gasteiger partial charge >= 0.3 is 0 Å². The number of hydrogen-bond donors (Lipinski definition) is 1. The van der Waals surface area contributed by atoms with E-state index in [1.54, 1.807) is 6.33 Å². The van der Waals surface area contributed by atoms with Crippen molar-refractivity contribution in [1.29, 1.82) is 0 Å². The van der Waals surface area contributed by atoms with Gasteiger partial charge in [0.2, 0.25) is 5.91 Å². The SMILES string of the molecule is Cc1nn(-c2ccccc2)cc1CCCNC(=O)CSc1nncn1-c1cccc(Cl)c1. The number of benzene rings is 2. The predicted molar refractivity (Wildman–Crippen MR) is 127 cm³/mol. The third-order valence-corrected chi connectivity index (χ3v) is 6.08. The maximum atomic E-state index is 12.3. The summed E-state index contributed by atoms with van der Waals surface area (Å²) < 4.78 is 3.72. The van der Waals surface area contributed by atoms with Crippen molar-refractivity contribution in [3.8, 4) is 11.4 Å². The lowest BCUT2D eigenvalue weighted by atomic mass is 10.1. The number of aromatic nitrogens is 5. The van der Waals surface area contributed by atoms with Crippen molar-refractivity contribution in [3.63, 3.8) is 0 Å². The zero-order chi connectivity index (χ0) is 22.3. The van der Waals surface area contributed by atoms with Crippen LogP contribution in [0, 0.1) is 6.92 Å². The Morgan fingerprint density at radius 2 is 1.94 bits per heavy atom. The number of para-hydroxylation sites is 1. The van der Waals surface area contributed by atoms with Crippen molar-refractivity contribution < 1.29 is 4.79 Å². The number of thioether (sulfide) groups is 1. The van der Waals surface area contributed by atoms with Crippen molar-refractivity contribution in [2.75, 3.05) is 12.3 Å². The highest BCUT2D eigenvalue weighted by molar-refractivity contribution is 7.99. The molecule has 0 aliphatic carbocycles. The fourth-order valence-corrected chi connectivity index (χ4v) is 4.21. The molecule has 32 heavy (non-hydrogen) atoms. The highest BCUT2D eigenvalue weighted by Crippen LogP contribution is 2.21. The molecule has 9 heteroatoms. The van der Waals surface area contributed by atoms with Gasteiger partial charge < -0.3 is 5.32 Å². The summed E-state index contributed by atoms with van der Waals surface area (Å²) in [6.45, 7) is 2.62. The third kappa shape index (κ3) is 5.57. The molecule has 2 heterocycles. The molecule has 0 fully saturated rings. The van der Waals surface area contributed by atoms with E-state index in [9.17, 15) is 4.79 Å². The molecule has 2 aromatic heterocycles. The van der Waals surface area contributed by atoms with E-state index in [-0.39, 0.29) is 11.7 Å². The van der Waals surface area contributed by atoms with E-state index in [2.05, 4.69) is 26.8 Å². The normalized spacial score (nSPS) is 10.9. The van der Waals surface area contributed by atoms with Crippen LogP contribution in [0.25, 0.3) is 11.4 Å². The number of halogens is 1. The minimum Gasteiger partial charge on any atom is -0.355 e. The Labute approximate surface area is 195 Å². The standard InChI is InChI=1S/C23H23ClN6OS/c1-17-18(14-30(28-17)20-9-3-2-4-10-20)7-6-12-25-22(31)15-32-23-27-26-16-29(23)21-11-5-8-19(24)13-21/h2-5,8-11,13-14,16H,6-7,12,15H2,1H3,(H,25,31). The van der Waals surface area contributed by atoms with Crippen LogP contribution in [0.4, 0.5) is 0 Å². The average molecular weight is 467 g/mol. The molecule has 0 spiro atoms. The van der Waals surface area contributed by atoms with Gasteiger partial charge in [-0.15, -0.1) is 10.2 Å². The Morgan fingerprint density at radius 3 is 2.75 bits per heavy atom. The summed E-state index contributed by atoms with van der Waals surface area (Å²) in [6.07, 6.45) is 5.38. The largest absolute Gasteiger partial charge is 0.355 e. The van der Waals surface area contributed by atoms with Gasteiger partial charge in [0.25, 0.3) is 0 Å². The van der Waals surface area contributed by atoms with E-state index in [0.29, 0.717) is 16.7 Å². The van der Waals surface area contributed by atoms with Crippen LogP contribution in [0.5, 0.6) is 0 Å². The second-order valence-electron chi connectivity index (χ2n) is 7.23. The first kappa shape index (κ1) is 22.1. The van der Waals surface area contributed by atoms with Gasteiger partial charge in [-0.3, -0.25) is 9.36 Å².